The van der Waals surface area contributed by atoms with Crippen LogP contribution in [0.15, 0.2) is 46.2 Å². The maximum absolute atomic E-state index is 15.9. The minimum Gasteiger partial charge on any atom is -0.444 e. The number of amides is 4. The molecular weight excluding hydrogens is 786 g/mol. The average molecular weight is 850 g/mol. The molecule has 0 saturated carbocycles. The first-order valence-electron chi connectivity index (χ1n) is 21.2. The molecule has 14 nitrogen and oxygen atoms in total. The number of alkyl halides is 1. The van der Waals surface area contributed by atoms with Crippen LogP contribution in [-0.2, 0) is 19.1 Å². The van der Waals surface area contributed by atoms with Crippen molar-refractivity contribution in [2.75, 3.05) is 58.6 Å². The minimum atomic E-state index is -1.44. The van der Waals surface area contributed by atoms with Gasteiger partial charge in [-0.05, 0) is 75.2 Å². The quantitative estimate of drug-likeness (QED) is 0.269. The summed E-state index contributed by atoms with van der Waals surface area (Å²) in [5.74, 6) is -0.253. The number of aliphatic imine (C=N–C) groups is 1. The van der Waals surface area contributed by atoms with Crippen LogP contribution in [0.3, 0.4) is 0 Å². The maximum Gasteiger partial charge on any atom is 0.410 e. The molecule has 4 amide bonds. The van der Waals surface area contributed by atoms with E-state index in [0.29, 0.717) is 71.0 Å². The zero-order valence-corrected chi connectivity index (χ0v) is 37.6. The van der Waals surface area contributed by atoms with E-state index < -0.39 is 56.8 Å². The van der Waals surface area contributed by atoms with Crippen LogP contribution >= 0.6 is 10.0 Å². The van der Waals surface area contributed by atoms with Gasteiger partial charge in [-0.25, -0.2) is 14.2 Å². The van der Waals surface area contributed by atoms with Gasteiger partial charge in [-0.3, -0.25) is 19.3 Å². The summed E-state index contributed by atoms with van der Waals surface area (Å²) in [5.41, 5.74) is -0.645. The van der Waals surface area contributed by atoms with Crippen LogP contribution in [0.2, 0.25) is 0 Å². The summed E-state index contributed by atoms with van der Waals surface area (Å²) < 4.78 is 21.3. The van der Waals surface area contributed by atoms with Crippen molar-refractivity contribution in [2.24, 2.45) is 10.4 Å². The lowest BCUT2D eigenvalue weighted by molar-refractivity contribution is -0.144. The number of nitriles is 1. The van der Waals surface area contributed by atoms with Crippen LogP contribution in [0.1, 0.15) is 98.2 Å². The number of hydrogen-bond acceptors (Lipinski definition) is 10. The average Bonchev–Trinajstić information content (AvgIpc) is 3.47. The van der Waals surface area contributed by atoms with E-state index in [1.165, 1.54) is 0 Å². The van der Waals surface area contributed by atoms with Gasteiger partial charge in [-0.1, -0.05) is 45.0 Å². The molecule has 0 aromatic heterocycles. The van der Waals surface area contributed by atoms with Gasteiger partial charge in [-0.2, -0.15) is 5.26 Å². The van der Waals surface area contributed by atoms with E-state index in [4.69, 9.17) is 4.74 Å². The molecule has 0 bridgehead atoms. The van der Waals surface area contributed by atoms with E-state index in [9.17, 15) is 24.4 Å². The molecule has 5 unspecified atom stereocenters. The van der Waals surface area contributed by atoms with Gasteiger partial charge in [0.2, 0.25) is 17.7 Å². The molecule has 1 aromatic rings. The maximum atomic E-state index is 15.9. The Balaban J connectivity index is 0.971. The van der Waals surface area contributed by atoms with Crippen LogP contribution in [0.25, 0.3) is 4.91 Å². The normalized spacial score (nSPS) is 26.5. The van der Waals surface area contributed by atoms with Crippen LogP contribution in [0.5, 0.6) is 0 Å². The van der Waals surface area contributed by atoms with Gasteiger partial charge in [0.15, 0.2) is 0 Å². The van der Waals surface area contributed by atoms with E-state index in [1.807, 2.05) is 85.9 Å². The van der Waals surface area contributed by atoms with Crippen molar-refractivity contribution in [3.8, 4) is 5.40 Å². The summed E-state index contributed by atoms with van der Waals surface area (Å²) in [6.07, 6.45) is 6.60. The molecule has 6 rings (SSSR count). The second-order valence-electron chi connectivity index (χ2n) is 19.1. The summed E-state index contributed by atoms with van der Waals surface area (Å²) in [4.78, 5) is 68.3. The highest BCUT2D eigenvalue weighted by atomic mass is 32.3. The van der Waals surface area contributed by atoms with E-state index in [-0.39, 0.29) is 30.7 Å². The Bertz CT molecular complexity index is 1950. The van der Waals surface area contributed by atoms with Crippen molar-refractivity contribution in [1.82, 2.24) is 35.6 Å². The SMILES string of the molecule is CC1=C(c2ccc(C(C)NC(=O)C3CCCN3C(=O)C(NC(=O)C3C=NC(N4CCN(CC5(F)CCN(C(=O)OC(C)(C)C)CC5)CC4)=CN3)C(C)(C)C)cc2)S1(C)C#N. The largest absolute Gasteiger partial charge is 0.444 e. The number of carbonyl (C=O) groups is 4. The Morgan fingerprint density at radius 1 is 1.00 bits per heavy atom. The molecule has 60 heavy (non-hydrogen) atoms. The molecular formula is C44H64FN9O5S. The number of likely N-dealkylation sites (tertiary alicyclic amines) is 2. The van der Waals surface area contributed by atoms with Gasteiger partial charge in [0.25, 0.3) is 0 Å². The number of piperidine rings is 1. The molecule has 5 aliphatic heterocycles. The molecule has 5 atom stereocenters. The highest BCUT2D eigenvalue weighted by Crippen LogP contribution is 2.78. The number of hydrogen-bond donors (Lipinski definition) is 3. The van der Waals surface area contributed by atoms with Crippen LogP contribution in [-0.4, -0.2) is 138 Å². The predicted molar refractivity (Wildman–Crippen MR) is 233 cm³/mol. The number of halogens is 1. The van der Waals surface area contributed by atoms with E-state index in [2.05, 4.69) is 36.1 Å². The van der Waals surface area contributed by atoms with E-state index >= 15 is 4.39 Å². The third-order valence-corrected chi connectivity index (χ3v) is 15.2. The summed E-state index contributed by atoms with van der Waals surface area (Å²) in [6.45, 7) is 19.0. The standard InChI is InChI=1S/C44H64FN9O5S/c1-29(31-12-14-32(15-13-31)36-30(2)60(36,9)28-46)49-39(56)34-11-10-18-54(34)40(57)37(42(3,4)5)50-38(55)33-25-48-35(26-47-33)52-23-21-51(22-24-52)27-44(45)16-19-53(20-17-44)41(58)59-43(6,7)8/h12-15,25-26,29,33-34,37,47H,10-11,16-24,27H2,1-9H3,(H,49,56)(H,50,55). The lowest BCUT2D eigenvalue weighted by atomic mass is 9.85. The third-order valence-electron chi connectivity index (χ3n) is 12.3. The molecule has 328 valence electrons. The second kappa shape index (κ2) is 17.4. The Labute approximate surface area is 356 Å². The molecule has 0 aliphatic carbocycles. The van der Waals surface area contributed by atoms with Crippen molar-refractivity contribution in [3.63, 3.8) is 0 Å². The summed E-state index contributed by atoms with van der Waals surface area (Å²) in [6, 6.07) is 5.32. The number of rotatable bonds is 10. The highest BCUT2D eigenvalue weighted by Gasteiger charge is 2.45. The zero-order chi connectivity index (χ0) is 43.8. The highest BCUT2D eigenvalue weighted by molar-refractivity contribution is 8.53. The molecule has 5 heterocycles. The first kappa shape index (κ1) is 44.9. The molecule has 0 spiro atoms. The number of thiocyanates is 1. The van der Waals surface area contributed by atoms with Gasteiger partial charge >= 0.3 is 6.09 Å². The Kier molecular flexibility index (Phi) is 13.0. The van der Waals surface area contributed by atoms with Crippen molar-refractivity contribution in [3.05, 3.63) is 52.3 Å². The monoisotopic (exact) mass is 849 g/mol. The number of piperazine rings is 1. The van der Waals surface area contributed by atoms with Gasteiger partial charge < -0.3 is 35.4 Å². The molecule has 0 radical (unpaired) electrons. The second-order valence-corrected chi connectivity index (χ2v) is 22.1. The van der Waals surface area contributed by atoms with Crippen LogP contribution < -0.4 is 16.0 Å². The Hall–Kier alpha value is -4.62. The van der Waals surface area contributed by atoms with E-state index in [0.717, 1.165) is 20.9 Å². The van der Waals surface area contributed by atoms with Crippen LogP contribution in [0, 0.1) is 16.1 Å². The smallest absolute Gasteiger partial charge is 0.410 e. The number of allylic oxidation sites excluding steroid dienone is 1. The molecule has 3 saturated heterocycles. The fraction of sp³-hybridized carbons (Fsp3) is 0.636. The Morgan fingerprint density at radius 3 is 2.20 bits per heavy atom. The fourth-order valence-corrected chi connectivity index (χ4v) is 10.6. The number of nitrogens with one attached hydrogen (secondary N) is 3. The van der Waals surface area contributed by atoms with Crippen molar-refractivity contribution in [2.45, 2.75) is 117 Å². The Morgan fingerprint density at radius 2 is 1.65 bits per heavy atom. The van der Waals surface area contributed by atoms with Crippen molar-refractivity contribution >= 4 is 45.0 Å². The molecule has 3 fully saturated rings. The molecule has 16 heteroatoms. The van der Waals surface area contributed by atoms with Crippen LogP contribution in [0.4, 0.5) is 9.18 Å². The summed E-state index contributed by atoms with van der Waals surface area (Å²) >= 11 is 0. The van der Waals surface area contributed by atoms with Gasteiger partial charge in [0, 0.05) is 82.5 Å². The fourth-order valence-electron chi connectivity index (χ4n) is 8.46. The van der Waals surface area contributed by atoms with Gasteiger partial charge in [0.05, 0.1) is 6.04 Å². The molecule has 5 aliphatic rings. The topological polar surface area (TPSA) is 163 Å². The number of ether oxygens (including phenoxy) is 1. The third kappa shape index (κ3) is 10.1. The lowest BCUT2D eigenvalue weighted by Gasteiger charge is -2.42. The number of benzene rings is 1. The molecule has 1 aromatic carbocycles. The van der Waals surface area contributed by atoms with Crippen molar-refractivity contribution < 1.29 is 28.3 Å². The van der Waals surface area contributed by atoms with E-state index in [1.54, 1.807) is 22.2 Å². The minimum absolute atomic E-state index is 0.233. The van der Waals surface area contributed by atoms with Gasteiger partial charge in [0.1, 0.15) is 40.6 Å². The summed E-state index contributed by atoms with van der Waals surface area (Å²) in [7, 11) is -1.44. The number of carbonyl (C=O) groups excluding carboxylic acids is 4. The first-order chi connectivity index (χ1) is 28.1. The zero-order valence-electron chi connectivity index (χ0n) is 36.8. The molecule has 3 N–H and O–H groups in total. The summed E-state index contributed by atoms with van der Waals surface area (Å²) in [5, 5.41) is 21.3. The van der Waals surface area contributed by atoms with Crippen molar-refractivity contribution in [1.29, 1.82) is 5.26 Å². The number of nitrogens with zero attached hydrogens (tertiary/aromatic N) is 6. The first-order valence-corrected chi connectivity index (χ1v) is 23.2. The lowest BCUT2D eigenvalue weighted by Crippen LogP contribution is -2.60. The van der Waals surface area contributed by atoms with Gasteiger partial charge in [-0.15, -0.1) is 10.0 Å². The predicted octanol–water partition coefficient (Wildman–Crippen LogP) is 5.20.